The monoisotopic (exact) mass is 445 g/mol. The highest BCUT2D eigenvalue weighted by molar-refractivity contribution is 5.84. The molecule has 0 saturated carbocycles. The molecule has 2 amide bonds. The molecule has 174 valence electrons. The molecular formula is C28H35N3O2. The minimum atomic E-state index is -0.0336. The Morgan fingerprint density at radius 1 is 0.788 bits per heavy atom. The van der Waals surface area contributed by atoms with Gasteiger partial charge in [0.25, 0.3) is 0 Å². The highest BCUT2D eigenvalue weighted by Crippen LogP contribution is 2.15. The molecule has 5 heteroatoms. The third-order valence-corrected chi connectivity index (χ3v) is 5.61. The Labute approximate surface area is 197 Å². The van der Waals surface area contributed by atoms with Crippen molar-refractivity contribution in [1.82, 2.24) is 14.4 Å². The van der Waals surface area contributed by atoms with Gasteiger partial charge in [0.2, 0.25) is 11.8 Å². The molecule has 3 rings (SSSR count). The standard InChI is InChI=1S/C28H35N3O2/c1-4-27(32)30(18-23(2)3)22-28(33)31(20-25-14-9-6-10-15-25)21-26-16-11-17-29(26)19-24-12-7-5-8-13-24/h5-17,23H,4,18-22H2,1-3H3. The van der Waals surface area contributed by atoms with Gasteiger partial charge in [-0.1, -0.05) is 81.4 Å². The lowest BCUT2D eigenvalue weighted by Gasteiger charge is -2.29. The molecule has 0 aliphatic carbocycles. The SMILES string of the molecule is CCC(=O)N(CC(=O)N(Cc1ccccc1)Cc1cccn1Cc1ccccc1)CC(C)C. The first-order valence-corrected chi connectivity index (χ1v) is 11.7. The Hall–Kier alpha value is -3.34. The van der Waals surface area contributed by atoms with Crippen LogP contribution >= 0.6 is 0 Å². The Kier molecular flexibility index (Phi) is 8.87. The Morgan fingerprint density at radius 2 is 1.42 bits per heavy atom. The smallest absolute Gasteiger partial charge is 0.242 e. The van der Waals surface area contributed by atoms with Crippen LogP contribution in [0.25, 0.3) is 0 Å². The van der Waals surface area contributed by atoms with Crippen molar-refractivity contribution >= 4 is 11.8 Å². The molecule has 0 radical (unpaired) electrons. The number of benzene rings is 2. The van der Waals surface area contributed by atoms with Crippen LogP contribution < -0.4 is 0 Å². The quantitative estimate of drug-likeness (QED) is 0.419. The first-order chi connectivity index (χ1) is 16.0. The third kappa shape index (κ3) is 7.35. The maximum Gasteiger partial charge on any atom is 0.242 e. The maximum absolute atomic E-state index is 13.5. The van der Waals surface area contributed by atoms with Crippen LogP contribution in [0.3, 0.4) is 0 Å². The predicted molar refractivity (Wildman–Crippen MR) is 132 cm³/mol. The molecule has 0 unspecified atom stereocenters. The normalized spacial score (nSPS) is 10.9. The molecule has 0 atom stereocenters. The van der Waals surface area contributed by atoms with Gasteiger partial charge in [0.15, 0.2) is 0 Å². The van der Waals surface area contributed by atoms with Crippen molar-refractivity contribution < 1.29 is 9.59 Å². The fourth-order valence-corrected chi connectivity index (χ4v) is 3.94. The van der Waals surface area contributed by atoms with Gasteiger partial charge in [0.1, 0.15) is 0 Å². The van der Waals surface area contributed by atoms with E-state index in [1.54, 1.807) is 4.90 Å². The van der Waals surface area contributed by atoms with Crippen molar-refractivity contribution in [2.24, 2.45) is 5.92 Å². The van der Waals surface area contributed by atoms with E-state index >= 15 is 0 Å². The fourth-order valence-electron chi connectivity index (χ4n) is 3.94. The summed E-state index contributed by atoms with van der Waals surface area (Å²) in [6, 6.07) is 24.4. The maximum atomic E-state index is 13.5. The molecule has 2 aromatic carbocycles. The van der Waals surface area contributed by atoms with Gasteiger partial charge in [0.05, 0.1) is 13.1 Å². The number of nitrogens with zero attached hydrogens (tertiary/aromatic N) is 3. The third-order valence-electron chi connectivity index (χ3n) is 5.61. The summed E-state index contributed by atoms with van der Waals surface area (Å²) < 4.78 is 2.18. The minimum absolute atomic E-state index is 0.0177. The molecular weight excluding hydrogens is 410 g/mol. The van der Waals surface area contributed by atoms with E-state index in [0.29, 0.717) is 32.0 Å². The number of hydrogen-bond acceptors (Lipinski definition) is 2. The minimum Gasteiger partial charge on any atom is -0.345 e. The molecule has 1 aromatic heterocycles. The zero-order valence-electron chi connectivity index (χ0n) is 20.0. The molecule has 3 aromatic rings. The Bertz CT molecular complexity index is 1010. The predicted octanol–water partition coefficient (Wildman–Crippen LogP) is 4.96. The van der Waals surface area contributed by atoms with Crippen LogP contribution in [0, 0.1) is 5.92 Å². The summed E-state index contributed by atoms with van der Waals surface area (Å²) in [4.78, 5) is 29.5. The zero-order chi connectivity index (χ0) is 23.6. The molecule has 0 aliphatic heterocycles. The van der Waals surface area contributed by atoms with Gasteiger partial charge >= 0.3 is 0 Å². The molecule has 0 aliphatic rings. The average Bonchev–Trinajstić information content (AvgIpc) is 3.25. The van der Waals surface area contributed by atoms with Crippen molar-refractivity contribution in [3.8, 4) is 0 Å². The summed E-state index contributed by atoms with van der Waals surface area (Å²) >= 11 is 0. The van der Waals surface area contributed by atoms with Gasteiger partial charge in [-0.2, -0.15) is 0 Å². The second-order valence-corrected chi connectivity index (χ2v) is 8.87. The number of amides is 2. The number of hydrogen-bond donors (Lipinski definition) is 0. The van der Waals surface area contributed by atoms with Crippen molar-refractivity contribution in [2.75, 3.05) is 13.1 Å². The van der Waals surface area contributed by atoms with Crippen LogP contribution in [0.2, 0.25) is 0 Å². The van der Waals surface area contributed by atoms with Crippen molar-refractivity contribution in [2.45, 2.75) is 46.8 Å². The van der Waals surface area contributed by atoms with Gasteiger partial charge < -0.3 is 14.4 Å². The van der Waals surface area contributed by atoms with Crippen molar-refractivity contribution in [3.63, 3.8) is 0 Å². The van der Waals surface area contributed by atoms with Gasteiger partial charge in [-0.25, -0.2) is 0 Å². The van der Waals surface area contributed by atoms with Crippen molar-refractivity contribution in [3.05, 3.63) is 95.8 Å². The van der Waals surface area contributed by atoms with E-state index in [0.717, 1.165) is 17.8 Å². The van der Waals surface area contributed by atoms with Crippen LogP contribution in [0.15, 0.2) is 79.0 Å². The molecule has 1 heterocycles. The van der Waals surface area contributed by atoms with E-state index in [9.17, 15) is 9.59 Å². The molecule has 0 N–H and O–H groups in total. The lowest BCUT2D eigenvalue weighted by Crippen LogP contribution is -2.43. The summed E-state index contributed by atoms with van der Waals surface area (Å²) in [6.45, 7) is 8.42. The molecule has 0 bridgehead atoms. The van der Waals surface area contributed by atoms with Crippen LogP contribution in [0.5, 0.6) is 0 Å². The molecule has 0 saturated heterocycles. The van der Waals surface area contributed by atoms with Crippen LogP contribution in [0.4, 0.5) is 0 Å². The summed E-state index contributed by atoms with van der Waals surface area (Å²) in [5.74, 6) is 0.289. The summed E-state index contributed by atoms with van der Waals surface area (Å²) in [6.07, 6.45) is 2.46. The first-order valence-electron chi connectivity index (χ1n) is 11.7. The van der Waals surface area contributed by atoms with Gasteiger partial charge in [-0.05, 0) is 29.2 Å². The average molecular weight is 446 g/mol. The van der Waals surface area contributed by atoms with Gasteiger partial charge in [0, 0.05) is 37.9 Å². The molecule has 5 nitrogen and oxygen atoms in total. The van der Waals surface area contributed by atoms with Gasteiger partial charge in [-0.15, -0.1) is 0 Å². The summed E-state index contributed by atoms with van der Waals surface area (Å²) in [7, 11) is 0. The lowest BCUT2D eigenvalue weighted by molar-refractivity contribution is -0.141. The van der Waals surface area contributed by atoms with Crippen LogP contribution in [0.1, 0.15) is 44.0 Å². The topological polar surface area (TPSA) is 45.6 Å². The van der Waals surface area contributed by atoms with E-state index in [2.05, 4.69) is 42.8 Å². The second kappa shape index (κ2) is 12.0. The van der Waals surface area contributed by atoms with E-state index in [4.69, 9.17) is 0 Å². The second-order valence-electron chi connectivity index (χ2n) is 8.87. The Morgan fingerprint density at radius 3 is 2.03 bits per heavy atom. The number of aromatic nitrogens is 1. The highest BCUT2D eigenvalue weighted by atomic mass is 16.2. The first kappa shape index (κ1) is 24.3. The van der Waals surface area contributed by atoms with Crippen LogP contribution in [-0.2, 0) is 29.2 Å². The van der Waals surface area contributed by atoms with E-state index < -0.39 is 0 Å². The zero-order valence-corrected chi connectivity index (χ0v) is 20.0. The number of carbonyl (C=O) groups is 2. The van der Waals surface area contributed by atoms with E-state index in [1.807, 2.05) is 66.4 Å². The summed E-state index contributed by atoms with van der Waals surface area (Å²) in [5.41, 5.74) is 3.36. The number of rotatable bonds is 11. The van der Waals surface area contributed by atoms with Gasteiger partial charge in [-0.3, -0.25) is 9.59 Å². The fraction of sp³-hybridized carbons (Fsp3) is 0.357. The van der Waals surface area contributed by atoms with E-state index in [-0.39, 0.29) is 18.4 Å². The lowest BCUT2D eigenvalue weighted by atomic mass is 10.2. The molecule has 0 spiro atoms. The molecule has 33 heavy (non-hydrogen) atoms. The summed E-state index contributed by atoms with van der Waals surface area (Å²) in [5, 5.41) is 0. The van der Waals surface area contributed by atoms with E-state index in [1.165, 1.54) is 5.56 Å². The Balaban J connectivity index is 1.81. The number of carbonyl (C=O) groups excluding carboxylic acids is 2. The van der Waals surface area contributed by atoms with Crippen molar-refractivity contribution in [1.29, 1.82) is 0 Å². The largest absolute Gasteiger partial charge is 0.345 e. The molecule has 0 fully saturated rings. The van der Waals surface area contributed by atoms with Crippen LogP contribution in [-0.4, -0.2) is 39.3 Å². The highest BCUT2D eigenvalue weighted by Gasteiger charge is 2.22.